The van der Waals surface area contributed by atoms with Crippen LogP contribution in [0.3, 0.4) is 0 Å². The molecular weight excluding hydrogens is 576 g/mol. The quantitative estimate of drug-likeness (QED) is 0.0934. The average molecular weight is 601 g/mol. The summed E-state index contributed by atoms with van der Waals surface area (Å²) in [5, 5.41) is 57.4. The number of pyridine rings is 4. The van der Waals surface area contributed by atoms with Crippen LogP contribution in [0.4, 0.5) is 0 Å². The summed E-state index contributed by atoms with van der Waals surface area (Å²) in [4.78, 5) is 82.9. The summed E-state index contributed by atoms with van der Waals surface area (Å²) in [6, 6.07) is 9.32. The van der Waals surface area contributed by atoms with Gasteiger partial charge in [0.15, 0.2) is 17.5 Å². The minimum atomic E-state index is -4.24. The van der Waals surface area contributed by atoms with E-state index in [1.54, 1.807) is 0 Å². The lowest BCUT2D eigenvalue weighted by atomic mass is 9.65. The second-order valence-electron chi connectivity index (χ2n) is 9.49. The fourth-order valence-electron chi connectivity index (χ4n) is 4.44. The topological polar surface area (TPSA) is 238 Å². The van der Waals surface area contributed by atoms with Crippen LogP contribution >= 0.6 is 0 Å². The number of hydrogen-bond acceptors (Lipinski definition) is 14. The zero-order chi connectivity index (χ0) is 32.1. The lowest BCUT2D eigenvalue weighted by Crippen LogP contribution is -2.76. The molecule has 0 saturated heterocycles. The van der Waals surface area contributed by atoms with Gasteiger partial charge in [0.25, 0.3) is 0 Å². The first-order valence-corrected chi connectivity index (χ1v) is 12.8. The minimum Gasteiger partial charge on any atom is -0.386 e. The highest BCUT2D eigenvalue weighted by molar-refractivity contribution is 6.29. The van der Waals surface area contributed by atoms with E-state index in [1.165, 1.54) is 55.1 Å². The maximum atomic E-state index is 14.0. The van der Waals surface area contributed by atoms with Crippen LogP contribution in [0.2, 0.25) is 0 Å². The van der Waals surface area contributed by atoms with Crippen molar-refractivity contribution in [3.8, 4) is 0 Å². The van der Waals surface area contributed by atoms with Gasteiger partial charge in [-0.05, 0) is 48.5 Å². The van der Waals surface area contributed by atoms with Gasteiger partial charge in [-0.2, -0.15) is 0 Å². The third-order valence-electron chi connectivity index (χ3n) is 6.81. The van der Waals surface area contributed by atoms with Gasteiger partial charge in [0, 0.05) is 71.8 Å². The number of nitrogens with zero attached hydrogens (tertiary/aromatic N) is 4. The number of carbonyl (C=O) groups excluding carboxylic acids is 5. The fourth-order valence-corrected chi connectivity index (χ4v) is 4.44. The van der Waals surface area contributed by atoms with Gasteiger partial charge in [0.1, 0.15) is 12.2 Å². The predicted molar refractivity (Wildman–Crippen MR) is 147 cm³/mol. The summed E-state index contributed by atoms with van der Waals surface area (Å²) in [7, 11) is 0. The fraction of sp³-hybridized carbons (Fsp3) is 0.167. The number of rotatable bonds is 13. The summed E-state index contributed by atoms with van der Waals surface area (Å²) in [5.41, 5.74) is -10.3. The van der Waals surface area contributed by atoms with E-state index in [2.05, 4.69) is 19.9 Å². The van der Waals surface area contributed by atoms with Gasteiger partial charge in [-0.3, -0.25) is 43.9 Å². The Morgan fingerprint density at radius 3 is 1.36 bits per heavy atom. The highest BCUT2D eigenvalue weighted by atomic mass is 16.4. The third kappa shape index (κ3) is 5.58. The highest BCUT2D eigenvalue weighted by Crippen LogP contribution is 2.37. The Hall–Kier alpha value is -5.25. The van der Waals surface area contributed by atoms with E-state index in [0.29, 0.717) is 0 Å². The molecule has 4 rings (SSSR count). The third-order valence-corrected chi connectivity index (χ3v) is 6.81. The molecule has 14 heteroatoms. The van der Waals surface area contributed by atoms with Crippen LogP contribution in [0, 0.1) is 0 Å². The van der Waals surface area contributed by atoms with Crippen molar-refractivity contribution < 1.29 is 49.5 Å². The summed E-state index contributed by atoms with van der Waals surface area (Å²) < 4.78 is 0. The number of hydrogen-bond donors (Lipinski definition) is 5. The molecule has 0 saturated carbocycles. The largest absolute Gasteiger partial charge is 0.386 e. The first-order chi connectivity index (χ1) is 21.0. The molecule has 14 nitrogen and oxygen atoms in total. The lowest BCUT2D eigenvalue weighted by Gasteiger charge is -2.44. The van der Waals surface area contributed by atoms with Crippen molar-refractivity contribution in [2.45, 2.75) is 29.5 Å². The van der Waals surface area contributed by atoms with E-state index in [9.17, 15) is 49.5 Å². The molecule has 0 aromatic carbocycles. The van der Waals surface area contributed by atoms with Gasteiger partial charge in [0.05, 0.1) is 0 Å². The Labute approximate surface area is 248 Å². The van der Waals surface area contributed by atoms with Crippen molar-refractivity contribution in [3.05, 3.63) is 120 Å². The van der Waals surface area contributed by atoms with Crippen LogP contribution in [0.15, 0.2) is 98.1 Å². The molecular formula is C30H24N4O10. The summed E-state index contributed by atoms with van der Waals surface area (Å²) in [6.07, 6.45) is -0.277. The van der Waals surface area contributed by atoms with Gasteiger partial charge in [-0.25, -0.2) is 0 Å². The Kier molecular flexibility index (Phi) is 9.32. The standard InChI is InChI=1S/C30H24N4O10/c35-21(17-5-1-9-31-13-17)23(37)27(41)29(43,25(39)19-7-3-11-33-15-19)30(44,26(40)20-8-4-12-34-16-20)28(42)24(38)22(36)18-6-2-10-32-14-18/h1-16,23-24,27,37-38,41,43-44H/t23?,24?,27-,29-,30-/m1/s1. The van der Waals surface area contributed by atoms with E-state index in [4.69, 9.17) is 0 Å². The Bertz CT molecular complexity index is 1680. The number of ketones is 5. The van der Waals surface area contributed by atoms with Gasteiger partial charge in [-0.1, -0.05) is 0 Å². The zero-order valence-electron chi connectivity index (χ0n) is 22.5. The summed E-state index contributed by atoms with van der Waals surface area (Å²) in [5.74, 6) is -8.49. The summed E-state index contributed by atoms with van der Waals surface area (Å²) >= 11 is 0. The number of aliphatic hydroxyl groups excluding tert-OH is 3. The molecule has 0 radical (unpaired) electrons. The monoisotopic (exact) mass is 600 g/mol. The van der Waals surface area contributed by atoms with Gasteiger partial charge in [0.2, 0.25) is 28.7 Å². The van der Waals surface area contributed by atoms with Crippen molar-refractivity contribution in [2.24, 2.45) is 0 Å². The van der Waals surface area contributed by atoms with Crippen LogP contribution in [-0.4, -0.2) is 104 Å². The zero-order valence-corrected chi connectivity index (χ0v) is 22.5. The molecule has 0 fully saturated rings. The van der Waals surface area contributed by atoms with Gasteiger partial charge >= 0.3 is 0 Å². The molecule has 44 heavy (non-hydrogen) atoms. The van der Waals surface area contributed by atoms with Crippen LogP contribution in [-0.2, 0) is 4.79 Å². The minimum absolute atomic E-state index is 0.324. The second-order valence-corrected chi connectivity index (χ2v) is 9.49. The molecule has 0 spiro atoms. The van der Waals surface area contributed by atoms with Gasteiger partial charge < -0.3 is 25.5 Å². The van der Waals surface area contributed by atoms with Crippen molar-refractivity contribution in [2.75, 3.05) is 0 Å². The molecule has 0 bridgehead atoms. The average Bonchev–Trinajstić information content (AvgIpc) is 3.09. The van der Waals surface area contributed by atoms with Crippen molar-refractivity contribution in [1.82, 2.24) is 19.9 Å². The summed E-state index contributed by atoms with van der Waals surface area (Å²) in [6.45, 7) is 0. The maximum absolute atomic E-state index is 14.0. The van der Waals surface area contributed by atoms with Crippen LogP contribution < -0.4 is 0 Å². The number of aromatic nitrogens is 4. The Morgan fingerprint density at radius 1 is 0.568 bits per heavy atom. The van der Waals surface area contributed by atoms with E-state index < -0.39 is 69.6 Å². The normalized spacial score (nSPS) is 15.9. The SMILES string of the molecule is O=C(c1cccnc1)C(O)C(=O)[C@](O)(C(=O)c1cccnc1)[C@@](O)(C(=O)c1cccnc1)[C@H](O)C(O)C(=O)c1cccnc1. The first-order valence-electron chi connectivity index (χ1n) is 12.8. The molecule has 4 aromatic heterocycles. The Balaban J connectivity index is 1.96. The lowest BCUT2D eigenvalue weighted by molar-refractivity contribution is -0.184. The molecule has 2 unspecified atom stereocenters. The number of Topliss-reactive ketones (excluding diaryl/α,β-unsaturated/α-hetero) is 5. The van der Waals surface area contributed by atoms with E-state index in [0.717, 1.165) is 43.0 Å². The molecule has 0 aliphatic heterocycles. The molecule has 0 amide bonds. The molecule has 4 aromatic rings. The van der Waals surface area contributed by atoms with E-state index in [-0.39, 0.29) is 11.1 Å². The predicted octanol–water partition coefficient (Wildman–Crippen LogP) is -0.788. The first kappa shape index (κ1) is 31.7. The molecule has 5 N–H and O–H groups in total. The molecule has 0 aliphatic rings. The highest BCUT2D eigenvalue weighted by Gasteiger charge is 2.70. The molecule has 4 heterocycles. The van der Waals surface area contributed by atoms with Crippen molar-refractivity contribution in [3.63, 3.8) is 0 Å². The molecule has 0 aliphatic carbocycles. The van der Waals surface area contributed by atoms with Crippen molar-refractivity contribution >= 4 is 28.9 Å². The van der Waals surface area contributed by atoms with E-state index >= 15 is 0 Å². The number of carbonyl (C=O) groups is 5. The molecule has 5 atom stereocenters. The Morgan fingerprint density at radius 2 is 0.955 bits per heavy atom. The van der Waals surface area contributed by atoms with Crippen molar-refractivity contribution in [1.29, 1.82) is 0 Å². The maximum Gasteiger partial charge on any atom is 0.228 e. The van der Waals surface area contributed by atoms with Crippen LogP contribution in [0.25, 0.3) is 0 Å². The second kappa shape index (κ2) is 12.9. The smallest absolute Gasteiger partial charge is 0.228 e. The molecule has 224 valence electrons. The number of aliphatic hydroxyl groups is 5. The van der Waals surface area contributed by atoms with Crippen LogP contribution in [0.5, 0.6) is 0 Å². The van der Waals surface area contributed by atoms with Gasteiger partial charge in [-0.15, -0.1) is 0 Å². The van der Waals surface area contributed by atoms with Crippen LogP contribution in [0.1, 0.15) is 41.4 Å². The van der Waals surface area contributed by atoms with E-state index in [1.807, 2.05) is 0 Å².